The van der Waals surface area contributed by atoms with Gasteiger partial charge in [-0.15, -0.1) is 0 Å². The number of pyridine rings is 1. The highest BCUT2D eigenvalue weighted by Gasteiger charge is 2.13. The van der Waals surface area contributed by atoms with Crippen LogP contribution in [-0.4, -0.2) is 38.7 Å². The number of nitrogens with zero attached hydrogens (tertiary/aromatic N) is 3. The summed E-state index contributed by atoms with van der Waals surface area (Å²) in [6.45, 7) is 0.0382. The summed E-state index contributed by atoms with van der Waals surface area (Å²) >= 11 is 6.02. The molecule has 0 saturated heterocycles. The second-order valence-electron chi connectivity index (χ2n) is 6.31. The van der Waals surface area contributed by atoms with Crippen molar-refractivity contribution in [1.82, 2.24) is 4.98 Å². The Morgan fingerprint density at radius 3 is 2.48 bits per heavy atom. The molecule has 0 aliphatic carbocycles. The van der Waals surface area contributed by atoms with Crippen molar-refractivity contribution in [3.63, 3.8) is 0 Å². The number of nitrogens with one attached hydrogen (secondary N) is 1. The normalized spacial score (nSPS) is 10.3. The zero-order valence-electron chi connectivity index (χ0n) is 16.2. The predicted molar refractivity (Wildman–Crippen MR) is 113 cm³/mol. The summed E-state index contributed by atoms with van der Waals surface area (Å²) in [6, 6.07) is 14.1. The molecule has 0 unspecified atom stereocenters. The molecule has 2 aromatic carbocycles. The number of methoxy groups -OCH3 is 2. The van der Waals surface area contributed by atoms with Gasteiger partial charge < -0.3 is 19.7 Å². The number of carbonyl (C=O) groups excluding carboxylic acids is 1. The third-order valence-corrected chi connectivity index (χ3v) is 4.52. The fraction of sp³-hybridized carbons (Fsp3) is 0.190. The van der Waals surface area contributed by atoms with Crippen molar-refractivity contribution in [1.29, 1.82) is 5.26 Å². The van der Waals surface area contributed by atoms with Crippen LogP contribution in [-0.2, 0) is 4.79 Å². The molecule has 7 nitrogen and oxygen atoms in total. The summed E-state index contributed by atoms with van der Waals surface area (Å²) in [5, 5.41) is 13.5. The molecule has 3 aromatic rings. The Hall–Kier alpha value is -3.50. The topological polar surface area (TPSA) is 87.5 Å². The number of aromatic nitrogens is 1. The van der Waals surface area contributed by atoms with Gasteiger partial charge in [-0.05, 0) is 24.3 Å². The average Bonchev–Trinajstić information content (AvgIpc) is 2.72. The Bertz CT molecular complexity index is 1090. The molecule has 0 fully saturated rings. The summed E-state index contributed by atoms with van der Waals surface area (Å²) in [7, 11) is 4.82. The number of likely N-dealkylation sites (N-methyl/N-ethyl adjacent to an activating group) is 1. The minimum Gasteiger partial charge on any atom is -0.497 e. The van der Waals surface area contributed by atoms with E-state index in [-0.39, 0.29) is 12.5 Å². The van der Waals surface area contributed by atoms with E-state index in [0.717, 1.165) is 0 Å². The van der Waals surface area contributed by atoms with Crippen LogP contribution in [0.15, 0.2) is 42.5 Å². The Morgan fingerprint density at radius 1 is 1.17 bits per heavy atom. The number of carbonyl (C=O) groups is 1. The van der Waals surface area contributed by atoms with Crippen LogP contribution in [0.3, 0.4) is 0 Å². The summed E-state index contributed by atoms with van der Waals surface area (Å²) in [5.41, 5.74) is 1.63. The molecule has 1 heterocycles. The van der Waals surface area contributed by atoms with Crippen molar-refractivity contribution >= 4 is 39.9 Å². The van der Waals surface area contributed by atoms with E-state index in [1.54, 1.807) is 68.6 Å². The Kier molecular flexibility index (Phi) is 6.05. The molecule has 0 aliphatic rings. The van der Waals surface area contributed by atoms with Gasteiger partial charge in [-0.1, -0.05) is 11.6 Å². The second kappa shape index (κ2) is 8.67. The van der Waals surface area contributed by atoms with Crippen molar-refractivity contribution in [3.05, 3.63) is 53.1 Å². The number of ether oxygens (including phenoxy) is 2. The summed E-state index contributed by atoms with van der Waals surface area (Å²) in [6.07, 6.45) is 0. The number of hydrogen-bond donors (Lipinski definition) is 1. The Labute approximate surface area is 173 Å². The highest BCUT2D eigenvalue weighted by molar-refractivity contribution is 6.31. The first kappa shape index (κ1) is 20.2. The lowest BCUT2D eigenvalue weighted by Gasteiger charge is -2.19. The van der Waals surface area contributed by atoms with Crippen LogP contribution in [0.5, 0.6) is 11.5 Å². The number of amides is 1. The maximum absolute atomic E-state index is 12.5. The minimum absolute atomic E-state index is 0.0382. The molecule has 29 heavy (non-hydrogen) atoms. The lowest BCUT2D eigenvalue weighted by Crippen LogP contribution is -2.30. The molecule has 0 aliphatic heterocycles. The van der Waals surface area contributed by atoms with Crippen molar-refractivity contribution in [2.45, 2.75) is 0 Å². The molecule has 0 radical (unpaired) electrons. The summed E-state index contributed by atoms with van der Waals surface area (Å²) in [5.74, 6) is 1.40. The molecule has 0 bridgehead atoms. The fourth-order valence-electron chi connectivity index (χ4n) is 2.85. The van der Waals surface area contributed by atoms with Crippen molar-refractivity contribution in [3.8, 4) is 17.6 Å². The molecule has 1 amide bonds. The van der Waals surface area contributed by atoms with Crippen LogP contribution < -0.4 is 19.7 Å². The minimum atomic E-state index is -0.251. The quantitative estimate of drug-likeness (QED) is 0.664. The lowest BCUT2D eigenvalue weighted by atomic mass is 10.1. The van der Waals surface area contributed by atoms with Gasteiger partial charge in [-0.25, -0.2) is 4.98 Å². The molecule has 0 saturated carbocycles. The standard InChI is InChI=1S/C21H19ClN4O3/c1-26(12-21(27)24-15-8-16(28-2)10-17(9-15)29-3)20-6-13(11-23)18-7-14(22)4-5-19(18)25-20/h4-10H,12H2,1-3H3,(H,24,27). The first-order valence-electron chi connectivity index (χ1n) is 8.68. The van der Waals surface area contributed by atoms with Gasteiger partial charge in [0, 0.05) is 41.3 Å². The number of anilines is 2. The number of fused-ring (bicyclic) bond motifs is 1. The van der Waals surface area contributed by atoms with E-state index < -0.39 is 0 Å². The van der Waals surface area contributed by atoms with Gasteiger partial charge in [0.05, 0.1) is 37.9 Å². The molecule has 0 atom stereocenters. The maximum atomic E-state index is 12.5. The van der Waals surface area contributed by atoms with Crippen molar-refractivity contribution in [2.75, 3.05) is 38.0 Å². The summed E-state index contributed by atoms with van der Waals surface area (Å²) < 4.78 is 10.4. The first-order valence-corrected chi connectivity index (χ1v) is 9.05. The summed E-state index contributed by atoms with van der Waals surface area (Å²) in [4.78, 5) is 18.7. The smallest absolute Gasteiger partial charge is 0.243 e. The number of benzene rings is 2. The molecule has 8 heteroatoms. The third-order valence-electron chi connectivity index (χ3n) is 4.28. The van der Waals surface area contributed by atoms with Gasteiger partial charge in [0.1, 0.15) is 17.3 Å². The zero-order valence-corrected chi connectivity index (χ0v) is 16.9. The Balaban J connectivity index is 1.80. The number of hydrogen-bond acceptors (Lipinski definition) is 6. The van der Waals surface area contributed by atoms with Gasteiger partial charge in [0.15, 0.2) is 0 Å². The Morgan fingerprint density at radius 2 is 1.86 bits per heavy atom. The maximum Gasteiger partial charge on any atom is 0.243 e. The van der Waals surface area contributed by atoms with Crippen LogP contribution >= 0.6 is 11.6 Å². The van der Waals surface area contributed by atoms with E-state index in [9.17, 15) is 10.1 Å². The van der Waals surface area contributed by atoms with E-state index in [1.807, 2.05) is 0 Å². The fourth-order valence-corrected chi connectivity index (χ4v) is 3.02. The monoisotopic (exact) mass is 410 g/mol. The number of nitriles is 1. The van der Waals surface area contributed by atoms with Gasteiger partial charge in [-0.3, -0.25) is 4.79 Å². The highest BCUT2D eigenvalue weighted by atomic mass is 35.5. The van der Waals surface area contributed by atoms with Gasteiger partial charge in [-0.2, -0.15) is 5.26 Å². The van der Waals surface area contributed by atoms with E-state index in [0.29, 0.717) is 44.5 Å². The van der Waals surface area contributed by atoms with E-state index in [4.69, 9.17) is 21.1 Å². The molecule has 0 spiro atoms. The van der Waals surface area contributed by atoms with Crippen LogP contribution in [0.25, 0.3) is 10.9 Å². The van der Waals surface area contributed by atoms with Crippen LogP contribution in [0.4, 0.5) is 11.5 Å². The SMILES string of the molecule is COc1cc(NC(=O)CN(C)c2cc(C#N)c3cc(Cl)ccc3n2)cc(OC)c1. The molecule has 3 rings (SSSR count). The van der Waals surface area contributed by atoms with Crippen LogP contribution in [0.2, 0.25) is 5.02 Å². The zero-order chi connectivity index (χ0) is 21.0. The number of rotatable bonds is 6. The largest absolute Gasteiger partial charge is 0.497 e. The average molecular weight is 411 g/mol. The second-order valence-corrected chi connectivity index (χ2v) is 6.74. The van der Waals surface area contributed by atoms with Crippen LogP contribution in [0.1, 0.15) is 5.56 Å². The molecular weight excluding hydrogens is 392 g/mol. The van der Waals surface area contributed by atoms with Gasteiger partial charge in [0.2, 0.25) is 5.91 Å². The van der Waals surface area contributed by atoms with E-state index >= 15 is 0 Å². The molecule has 1 N–H and O–H groups in total. The van der Waals surface area contributed by atoms with Crippen molar-refractivity contribution < 1.29 is 14.3 Å². The lowest BCUT2D eigenvalue weighted by molar-refractivity contribution is -0.114. The van der Waals surface area contributed by atoms with Crippen LogP contribution in [0, 0.1) is 11.3 Å². The highest BCUT2D eigenvalue weighted by Crippen LogP contribution is 2.27. The van der Waals surface area contributed by atoms with Crippen molar-refractivity contribution in [2.24, 2.45) is 0 Å². The third kappa shape index (κ3) is 4.68. The number of halogens is 1. The first-order chi connectivity index (χ1) is 13.9. The van der Waals surface area contributed by atoms with E-state index in [1.165, 1.54) is 0 Å². The molecular formula is C21H19ClN4O3. The van der Waals surface area contributed by atoms with E-state index in [2.05, 4.69) is 16.4 Å². The van der Waals surface area contributed by atoms with Gasteiger partial charge >= 0.3 is 0 Å². The molecule has 148 valence electrons. The van der Waals surface area contributed by atoms with Gasteiger partial charge in [0.25, 0.3) is 0 Å². The molecule has 1 aromatic heterocycles. The predicted octanol–water partition coefficient (Wildman–Crippen LogP) is 3.85.